The molecule has 1 N–H and O–H groups in total. The zero-order valence-corrected chi connectivity index (χ0v) is 7.86. The standard InChI is InChI=1S/C9H8N3P/c13-9-3-1-2-7(12-9)8-6-10-4-5-11-8/h1-6,12-13H. The van der Waals surface area contributed by atoms with Gasteiger partial charge in [0.25, 0.3) is 0 Å². The number of aromatic nitrogens is 3. The van der Waals surface area contributed by atoms with Crippen LogP contribution in [0.3, 0.4) is 0 Å². The summed E-state index contributed by atoms with van der Waals surface area (Å²) < 4.78 is 0. The van der Waals surface area contributed by atoms with Crippen LogP contribution in [0.15, 0.2) is 36.8 Å². The topological polar surface area (TPSA) is 41.6 Å². The first-order chi connectivity index (χ1) is 6.36. The zero-order valence-electron chi connectivity index (χ0n) is 6.86. The van der Waals surface area contributed by atoms with Gasteiger partial charge in [0.1, 0.15) is 5.69 Å². The van der Waals surface area contributed by atoms with Crippen molar-refractivity contribution in [2.24, 2.45) is 0 Å². The van der Waals surface area contributed by atoms with Crippen LogP contribution in [-0.2, 0) is 0 Å². The van der Waals surface area contributed by atoms with Gasteiger partial charge in [-0.1, -0.05) is 14.9 Å². The molecule has 2 aromatic heterocycles. The van der Waals surface area contributed by atoms with E-state index in [4.69, 9.17) is 0 Å². The van der Waals surface area contributed by atoms with Gasteiger partial charge in [0.05, 0.1) is 17.0 Å². The van der Waals surface area contributed by atoms with Gasteiger partial charge in [-0.25, -0.2) is 0 Å². The maximum absolute atomic E-state index is 4.17. The molecular formula is C9H8N3P. The van der Waals surface area contributed by atoms with Crippen LogP contribution in [0.2, 0.25) is 0 Å². The van der Waals surface area contributed by atoms with Crippen molar-refractivity contribution in [1.82, 2.24) is 15.0 Å². The Bertz CT molecular complexity index is 450. The number of nitrogens with zero attached hydrogens (tertiary/aromatic N) is 2. The maximum Gasteiger partial charge on any atom is 0.105 e. The van der Waals surface area contributed by atoms with E-state index in [1.54, 1.807) is 18.6 Å². The van der Waals surface area contributed by atoms with E-state index in [1.807, 2.05) is 18.2 Å². The van der Waals surface area contributed by atoms with Crippen LogP contribution in [0.25, 0.3) is 11.4 Å². The minimum atomic E-state index is 0.836. The summed E-state index contributed by atoms with van der Waals surface area (Å²) in [5.41, 5.74) is 1.78. The first-order valence-electron chi connectivity index (χ1n) is 3.86. The lowest BCUT2D eigenvalue weighted by atomic mass is 10.3. The van der Waals surface area contributed by atoms with Crippen LogP contribution in [0, 0.1) is 5.07 Å². The summed E-state index contributed by atoms with van der Waals surface area (Å²) in [6.07, 6.45) is 5.04. The first kappa shape index (κ1) is 8.14. The third-order valence-electron chi connectivity index (χ3n) is 1.63. The molecule has 0 saturated heterocycles. The molecule has 2 rings (SSSR count). The Morgan fingerprint density at radius 1 is 1.23 bits per heavy atom. The highest BCUT2D eigenvalue weighted by atomic mass is 31.0. The van der Waals surface area contributed by atoms with Gasteiger partial charge < -0.3 is 4.98 Å². The van der Waals surface area contributed by atoms with Crippen molar-refractivity contribution in [3.8, 4) is 11.4 Å². The van der Waals surface area contributed by atoms with E-state index in [0.717, 1.165) is 16.5 Å². The molecule has 0 aromatic carbocycles. The summed E-state index contributed by atoms with van der Waals surface area (Å²) in [6, 6.07) is 5.83. The van der Waals surface area contributed by atoms with Crippen molar-refractivity contribution in [3.05, 3.63) is 41.9 Å². The fourth-order valence-electron chi connectivity index (χ4n) is 1.06. The van der Waals surface area contributed by atoms with E-state index >= 15 is 0 Å². The molecule has 0 aliphatic carbocycles. The van der Waals surface area contributed by atoms with E-state index < -0.39 is 0 Å². The van der Waals surface area contributed by atoms with Crippen molar-refractivity contribution in [1.29, 1.82) is 0 Å². The summed E-state index contributed by atoms with van der Waals surface area (Å²) in [5.74, 6) is 0. The maximum atomic E-state index is 4.17. The van der Waals surface area contributed by atoms with Gasteiger partial charge in [0.15, 0.2) is 0 Å². The SMILES string of the molecule is P=c1cccc(-c2cnccn2)[nH]1. The van der Waals surface area contributed by atoms with Gasteiger partial charge in [-0.15, -0.1) is 0 Å². The van der Waals surface area contributed by atoms with Crippen molar-refractivity contribution < 1.29 is 0 Å². The van der Waals surface area contributed by atoms with E-state index in [2.05, 4.69) is 23.8 Å². The quantitative estimate of drug-likeness (QED) is 0.698. The largest absolute Gasteiger partial charge is 0.350 e. The Morgan fingerprint density at radius 3 is 2.85 bits per heavy atom. The molecule has 0 saturated carbocycles. The molecule has 0 fully saturated rings. The molecule has 0 aliphatic heterocycles. The van der Waals surface area contributed by atoms with Gasteiger partial charge in [0.2, 0.25) is 0 Å². The lowest BCUT2D eigenvalue weighted by Gasteiger charge is -1.98. The summed E-state index contributed by atoms with van der Waals surface area (Å²) in [5, 5.41) is 0.920. The molecule has 0 amide bonds. The van der Waals surface area contributed by atoms with Crippen molar-refractivity contribution >= 4 is 8.86 Å². The molecule has 3 nitrogen and oxygen atoms in total. The number of pyridine rings is 1. The number of hydrogen-bond acceptors (Lipinski definition) is 2. The summed E-state index contributed by atoms with van der Waals surface area (Å²) in [7, 11) is 3.41. The van der Waals surface area contributed by atoms with Crippen molar-refractivity contribution in [2.75, 3.05) is 0 Å². The Kier molecular flexibility index (Phi) is 2.19. The van der Waals surface area contributed by atoms with E-state index in [1.165, 1.54) is 0 Å². The van der Waals surface area contributed by atoms with Gasteiger partial charge in [0, 0.05) is 12.4 Å². The lowest BCUT2D eigenvalue weighted by Crippen LogP contribution is -1.87. The average Bonchev–Trinajstić information content (AvgIpc) is 2.19. The zero-order chi connectivity index (χ0) is 9.10. The minimum absolute atomic E-state index is 0.836. The molecule has 2 aromatic rings. The number of nitrogens with one attached hydrogen (secondary N) is 1. The predicted molar refractivity (Wildman–Crippen MR) is 53.4 cm³/mol. The van der Waals surface area contributed by atoms with Crippen LogP contribution >= 0.6 is 8.86 Å². The summed E-state index contributed by atoms with van der Waals surface area (Å²) in [6.45, 7) is 0. The molecule has 0 unspecified atom stereocenters. The highest BCUT2D eigenvalue weighted by molar-refractivity contribution is 7.06. The fourth-order valence-corrected chi connectivity index (χ4v) is 1.29. The van der Waals surface area contributed by atoms with Crippen LogP contribution in [0.5, 0.6) is 0 Å². The normalized spacial score (nSPS) is 9.85. The van der Waals surface area contributed by atoms with Crippen LogP contribution in [0.4, 0.5) is 0 Å². The molecule has 0 atom stereocenters. The summed E-state index contributed by atoms with van der Waals surface area (Å²) >= 11 is 0. The third kappa shape index (κ3) is 1.82. The molecule has 4 heteroatoms. The molecule has 0 bridgehead atoms. The number of aromatic amines is 1. The number of hydrogen-bond donors (Lipinski definition) is 1. The molecule has 13 heavy (non-hydrogen) atoms. The van der Waals surface area contributed by atoms with Gasteiger partial charge >= 0.3 is 0 Å². The highest BCUT2D eigenvalue weighted by Gasteiger charge is 1.96. The lowest BCUT2D eigenvalue weighted by molar-refractivity contribution is 1.17. The minimum Gasteiger partial charge on any atom is -0.350 e. The smallest absolute Gasteiger partial charge is 0.105 e. The average molecular weight is 189 g/mol. The monoisotopic (exact) mass is 189 g/mol. The van der Waals surface area contributed by atoms with Gasteiger partial charge in [-0.3, -0.25) is 9.97 Å². The van der Waals surface area contributed by atoms with Crippen LogP contribution < -0.4 is 0 Å². The second kappa shape index (κ2) is 3.50. The summed E-state index contributed by atoms with van der Waals surface area (Å²) in [4.78, 5) is 11.3. The Morgan fingerprint density at radius 2 is 2.15 bits per heavy atom. The second-order valence-electron chi connectivity index (χ2n) is 2.57. The molecular weight excluding hydrogens is 181 g/mol. The molecule has 0 aliphatic rings. The molecule has 2 heterocycles. The first-order valence-corrected chi connectivity index (χ1v) is 4.36. The number of H-pyrrole nitrogens is 1. The second-order valence-corrected chi connectivity index (χ2v) is 3.11. The van der Waals surface area contributed by atoms with Crippen molar-refractivity contribution in [2.45, 2.75) is 0 Å². The van der Waals surface area contributed by atoms with Crippen LogP contribution in [0.1, 0.15) is 0 Å². The Balaban J connectivity index is 2.54. The van der Waals surface area contributed by atoms with Gasteiger partial charge in [-0.05, 0) is 12.1 Å². The predicted octanol–water partition coefficient (Wildman–Crippen LogP) is 2.15. The molecule has 64 valence electrons. The number of rotatable bonds is 1. The Labute approximate surface area is 77.7 Å². The fraction of sp³-hybridized carbons (Fsp3) is 0. The molecule has 0 spiro atoms. The third-order valence-corrected chi connectivity index (χ3v) is 1.93. The van der Waals surface area contributed by atoms with Gasteiger partial charge in [-0.2, -0.15) is 0 Å². The van der Waals surface area contributed by atoms with E-state index in [0.29, 0.717) is 0 Å². The van der Waals surface area contributed by atoms with Crippen LogP contribution in [-0.4, -0.2) is 15.0 Å². The van der Waals surface area contributed by atoms with Crippen molar-refractivity contribution in [3.63, 3.8) is 0 Å². The molecule has 0 radical (unpaired) electrons. The highest BCUT2D eigenvalue weighted by Crippen LogP contribution is 2.10. The van der Waals surface area contributed by atoms with E-state index in [9.17, 15) is 0 Å². The van der Waals surface area contributed by atoms with E-state index in [-0.39, 0.29) is 0 Å². The Hall–Kier alpha value is -1.47.